The van der Waals surface area contributed by atoms with Crippen LogP contribution in [0.5, 0.6) is 0 Å². The third-order valence-corrected chi connectivity index (χ3v) is 2.10. The number of nitrogens with zero attached hydrogens (tertiary/aromatic N) is 3. The molecule has 0 saturated heterocycles. The van der Waals surface area contributed by atoms with Gasteiger partial charge in [0.2, 0.25) is 5.95 Å². The van der Waals surface area contributed by atoms with E-state index in [2.05, 4.69) is 25.0 Å². The van der Waals surface area contributed by atoms with Crippen LogP contribution in [0.2, 0.25) is 0 Å². The first-order chi connectivity index (χ1) is 7.74. The van der Waals surface area contributed by atoms with Crippen LogP contribution in [0.25, 0.3) is 17.1 Å². The van der Waals surface area contributed by atoms with Gasteiger partial charge in [-0.15, -0.1) is 0 Å². The maximum absolute atomic E-state index is 11.4. The molecular weight excluding hydrogens is 212 g/mol. The van der Waals surface area contributed by atoms with Gasteiger partial charge in [0.1, 0.15) is 0 Å². The van der Waals surface area contributed by atoms with E-state index >= 15 is 0 Å². The van der Waals surface area contributed by atoms with Gasteiger partial charge in [-0.05, 0) is 6.07 Å². The minimum atomic E-state index is -0.587. The lowest BCUT2D eigenvalue weighted by Crippen LogP contribution is -2.21. The van der Waals surface area contributed by atoms with Crippen LogP contribution >= 0.6 is 0 Å². The van der Waals surface area contributed by atoms with Gasteiger partial charge in [-0.2, -0.15) is 10.1 Å². The third kappa shape index (κ3) is 1.16. The Morgan fingerprint density at radius 3 is 2.81 bits per heavy atom. The second kappa shape index (κ2) is 2.92. The first kappa shape index (κ1) is 8.65. The third-order valence-electron chi connectivity index (χ3n) is 2.10. The highest BCUT2D eigenvalue weighted by Crippen LogP contribution is 2.04. The summed E-state index contributed by atoms with van der Waals surface area (Å²) in [4.78, 5) is 33.8. The summed E-state index contributed by atoms with van der Waals surface area (Å²) in [6.07, 6.45) is 3.25. The van der Waals surface area contributed by atoms with Crippen molar-refractivity contribution in [1.29, 1.82) is 0 Å². The fraction of sp³-hybridized carbons (Fsp3) is 0. The van der Waals surface area contributed by atoms with Gasteiger partial charge in [-0.1, -0.05) is 0 Å². The second-order valence-electron chi connectivity index (χ2n) is 3.14. The minimum Gasteiger partial charge on any atom is -0.316 e. The molecule has 80 valence electrons. The molecular formula is C8H6N6O2. The van der Waals surface area contributed by atoms with Crippen molar-refractivity contribution in [3.05, 3.63) is 39.3 Å². The molecule has 3 heterocycles. The number of nitrogens with one attached hydrogen (secondary N) is 3. The highest BCUT2D eigenvalue weighted by Gasteiger charge is 2.08. The smallest absolute Gasteiger partial charge is 0.316 e. The number of rotatable bonds is 1. The van der Waals surface area contributed by atoms with Crippen molar-refractivity contribution in [3.8, 4) is 5.95 Å². The average molecular weight is 218 g/mol. The Morgan fingerprint density at radius 2 is 2.06 bits per heavy atom. The molecule has 0 amide bonds. The molecule has 0 aliphatic heterocycles. The summed E-state index contributed by atoms with van der Waals surface area (Å²) < 4.78 is 1.46. The second-order valence-corrected chi connectivity index (χ2v) is 3.14. The van der Waals surface area contributed by atoms with E-state index in [1.54, 1.807) is 18.5 Å². The fourth-order valence-electron chi connectivity index (χ4n) is 1.42. The standard InChI is InChI=1S/C8H6N6O2/c15-6-4-5(12-8(16)13-6)11-7(10-4)14-3-1-2-9-14/h1-3H,(H3,10,11,12,13,15,16). The number of imidazole rings is 1. The molecule has 0 aromatic carbocycles. The quantitative estimate of drug-likeness (QED) is 0.492. The van der Waals surface area contributed by atoms with Crippen LogP contribution in [0.3, 0.4) is 0 Å². The maximum atomic E-state index is 11.4. The molecule has 0 unspecified atom stereocenters. The topological polar surface area (TPSA) is 112 Å². The molecule has 0 atom stereocenters. The fourth-order valence-corrected chi connectivity index (χ4v) is 1.42. The Kier molecular flexibility index (Phi) is 1.58. The van der Waals surface area contributed by atoms with Crippen molar-refractivity contribution in [2.24, 2.45) is 0 Å². The van der Waals surface area contributed by atoms with Crippen LogP contribution in [0, 0.1) is 0 Å². The Labute approximate surface area is 87.0 Å². The predicted molar refractivity (Wildman–Crippen MR) is 54.5 cm³/mol. The van der Waals surface area contributed by atoms with E-state index in [0.29, 0.717) is 5.95 Å². The van der Waals surface area contributed by atoms with Gasteiger partial charge in [0.25, 0.3) is 5.56 Å². The zero-order valence-electron chi connectivity index (χ0n) is 7.89. The van der Waals surface area contributed by atoms with Crippen molar-refractivity contribution >= 4 is 11.2 Å². The van der Waals surface area contributed by atoms with Crippen molar-refractivity contribution < 1.29 is 0 Å². The largest absolute Gasteiger partial charge is 0.327 e. The van der Waals surface area contributed by atoms with Gasteiger partial charge in [0.05, 0.1) is 0 Å². The van der Waals surface area contributed by atoms with Crippen LogP contribution in [0.1, 0.15) is 0 Å². The molecule has 16 heavy (non-hydrogen) atoms. The Bertz CT molecular complexity index is 747. The molecule has 3 rings (SSSR count). The molecule has 3 N–H and O–H groups in total. The van der Waals surface area contributed by atoms with Crippen LogP contribution in [0.15, 0.2) is 28.0 Å². The summed E-state index contributed by atoms with van der Waals surface area (Å²) in [5.41, 5.74) is -0.676. The molecule has 0 aliphatic carbocycles. The van der Waals surface area contributed by atoms with Crippen LogP contribution in [-0.4, -0.2) is 29.7 Å². The molecule has 0 radical (unpaired) electrons. The number of fused-ring (bicyclic) bond motifs is 1. The van der Waals surface area contributed by atoms with Gasteiger partial charge < -0.3 is 4.98 Å². The van der Waals surface area contributed by atoms with Gasteiger partial charge in [0.15, 0.2) is 11.2 Å². The van der Waals surface area contributed by atoms with Crippen molar-refractivity contribution in [1.82, 2.24) is 29.7 Å². The normalized spacial score (nSPS) is 11.0. The molecule has 0 spiro atoms. The Morgan fingerprint density at radius 1 is 1.19 bits per heavy atom. The number of hydrogen-bond acceptors (Lipinski definition) is 4. The van der Waals surface area contributed by atoms with E-state index in [1.165, 1.54) is 4.68 Å². The summed E-state index contributed by atoms with van der Waals surface area (Å²) >= 11 is 0. The lowest BCUT2D eigenvalue weighted by Gasteiger charge is -1.91. The molecule has 0 aliphatic rings. The summed E-state index contributed by atoms with van der Waals surface area (Å²) in [7, 11) is 0. The molecule has 3 aromatic heterocycles. The number of hydrogen-bond donors (Lipinski definition) is 3. The first-order valence-corrected chi connectivity index (χ1v) is 4.46. The summed E-state index contributed by atoms with van der Waals surface area (Å²) in [6, 6.07) is 1.72. The highest BCUT2D eigenvalue weighted by molar-refractivity contribution is 5.69. The molecule has 8 heteroatoms. The molecule has 0 saturated carbocycles. The average Bonchev–Trinajstić information content (AvgIpc) is 2.82. The summed E-state index contributed by atoms with van der Waals surface area (Å²) in [5, 5.41) is 3.95. The Hall–Kier alpha value is -2.64. The van der Waals surface area contributed by atoms with Crippen LogP contribution in [-0.2, 0) is 0 Å². The van der Waals surface area contributed by atoms with E-state index in [1.807, 2.05) is 0 Å². The minimum absolute atomic E-state index is 0.208. The van der Waals surface area contributed by atoms with Gasteiger partial charge in [-0.3, -0.25) is 14.8 Å². The summed E-state index contributed by atoms with van der Waals surface area (Å²) in [6.45, 7) is 0. The van der Waals surface area contributed by atoms with Crippen molar-refractivity contribution in [2.45, 2.75) is 0 Å². The van der Waals surface area contributed by atoms with E-state index in [4.69, 9.17) is 0 Å². The maximum Gasteiger partial charge on any atom is 0.327 e. The number of aromatic amines is 3. The van der Waals surface area contributed by atoms with E-state index in [9.17, 15) is 9.59 Å². The van der Waals surface area contributed by atoms with Gasteiger partial charge in [0, 0.05) is 12.4 Å². The van der Waals surface area contributed by atoms with Gasteiger partial charge in [-0.25, -0.2) is 9.48 Å². The zero-order chi connectivity index (χ0) is 11.1. The van der Waals surface area contributed by atoms with E-state index in [0.717, 1.165) is 0 Å². The predicted octanol–water partition coefficient (Wildman–Crippen LogP) is -0.875. The first-order valence-electron chi connectivity index (χ1n) is 4.46. The molecule has 3 aromatic rings. The molecule has 0 bridgehead atoms. The number of H-pyrrole nitrogens is 3. The SMILES string of the molecule is O=c1[nH]c(=O)c2[nH]c(-n3cccn3)nc2[nH]1. The highest BCUT2D eigenvalue weighted by atomic mass is 16.2. The lowest BCUT2D eigenvalue weighted by molar-refractivity contribution is 0.828. The van der Waals surface area contributed by atoms with Crippen LogP contribution in [0.4, 0.5) is 0 Å². The van der Waals surface area contributed by atoms with E-state index in [-0.39, 0.29) is 11.2 Å². The Balaban J connectivity index is 2.36. The zero-order valence-corrected chi connectivity index (χ0v) is 7.89. The monoisotopic (exact) mass is 218 g/mol. The van der Waals surface area contributed by atoms with Crippen LogP contribution < -0.4 is 11.2 Å². The van der Waals surface area contributed by atoms with Gasteiger partial charge >= 0.3 is 5.69 Å². The molecule has 8 nitrogen and oxygen atoms in total. The van der Waals surface area contributed by atoms with Crippen molar-refractivity contribution in [3.63, 3.8) is 0 Å². The lowest BCUT2D eigenvalue weighted by atomic mass is 10.5. The van der Waals surface area contributed by atoms with E-state index < -0.39 is 11.2 Å². The molecule has 0 fully saturated rings. The summed E-state index contributed by atoms with van der Waals surface area (Å²) in [5.74, 6) is 0.368. The van der Waals surface area contributed by atoms with Crippen molar-refractivity contribution in [2.75, 3.05) is 0 Å². The number of aromatic nitrogens is 6.